The summed E-state index contributed by atoms with van der Waals surface area (Å²) < 4.78 is 0. The summed E-state index contributed by atoms with van der Waals surface area (Å²) in [4.78, 5) is 37.5. The SMILES string of the molecule is C=CCSC[C@H](N)C(=O)NC(=O)C(CSC(=O)c1ccccc1)Cc1ccccc1. The van der Waals surface area contributed by atoms with Gasteiger partial charge in [-0.1, -0.05) is 78.5 Å². The second-order valence-corrected chi connectivity index (χ2v) is 8.70. The molecular weight excluding hydrogens is 416 g/mol. The van der Waals surface area contributed by atoms with E-state index in [0.29, 0.717) is 23.5 Å². The van der Waals surface area contributed by atoms with E-state index in [1.54, 1.807) is 30.3 Å². The van der Waals surface area contributed by atoms with Crippen molar-refractivity contribution in [3.05, 3.63) is 84.4 Å². The average molecular weight is 443 g/mol. The van der Waals surface area contributed by atoms with E-state index >= 15 is 0 Å². The highest BCUT2D eigenvalue weighted by atomic mass is 32.2. The lowest BCUT2D eigenvalue weighted by Gasteiger charge is -2.17. The highest BCUT2D eigenvalue weighted by molar-refractivity contribution is 8.14. The number of imide groups is 1. The number of nitrogens with two attached hydrogens (primary N) is 1. The van der Waals surface area contributed by atoms with Crippen molar-refractivity contribution in [1.29, 1.82) is 0 Å². The fraction of sp³-hybridized carbons (Fsp3) is 0.261. The monoisotopic (exact) mass is 442 g/mol. The molecule has 0 saturated carbocycles. The van der Waals surface area contributed by atoms with Crippen molar-refractivity contribution in [2.45, 2.75) is 12.5 Å². The zero-order valence-corrected chi connectivity index (χ0v) is 18.3. The molecule has 3 N–H and O–H groups in total. The van der Waals surface area contributed by atoms with Crippen LogP contribution in [0, 0.1) is 5.92 Å². The summed E-state index contributed by atoms with van der Waals surface area (Å²) in [6.07, 6.45) is 2.16. The molecule has 0 aliphatic carbocycles. The molecule has 2 aromatic rings. The fourth-order valence-electron chi connectivity index (χ4n) is 2.63. The number of amides is 2. The van der Waals surface area contributed by atoms with E-state index in [9.17, 15) is 14.4 Å². The third-order valence-electron chi connectivity index (χ3n) is 4.24. The number of thioether (sulfide) groups is 2. The second-order valence-electron chi connectivity index (χ2n) is 6.64. The molecule has 7 heteroatoms. The molecule has 2 aromatic carbocycles. The van der Waals surface area contributed by atoms with Crippen LogP contribution in [-0.2, 0) is 16.0 Å². The van der Waals surface area contributed by atoms with Gasteiger partial charge in [-0.05, 0) is 12.0 Å². The van der Waals surface area contributed by atoms with Crippen LogP contribution >= 0.6 is 23.5 Å². The lowest BCUT2D eigenvalue weighted by molar-refractivity contribution is -0.132. The summed E-state index contributed by atoms with van der Waals surface area (Å²) in [5, 5.41) is 2.32. The van der Waals surface area contributed by atoms with Crippen LogP contribution in [0.4, 0.5) is 0 Å². The van der Waals surface area contributed by atoms with Gasteiger partial charge in [-0.25, -0.2) is 0 Å². The number of carbonyl (C=O) groups is 3. The smallest absolute Gasteiger partial charge is 0.244 e. The van der Waals surface area contributed by atoms with E-state index in [1.807, 2.05) is 36.4 Å². The van der Waals surface area contributed by atoms with Gasteiger partial charge in [0.05, 0.1) is 12.0 Å². The molecular formula is C23H26N2O3S2. The number of rotatable bonds is 11. The maximum atomic E-state index is 12.8. The Hall–Kier alpha value is -2.35. The molecule has 0 aliphatic rings. The van der Waals surface area contributed by atoms with E-state index in [-0.39, 0.29) is 10.9 Å². The zero-order valence-electron chi connectivity index (χ0n) is 16.7. The van der Waals surface area contributed by atoms with Crippen LogP contribution in [-0.4, -0.2) is 40.2 Å². The molecule has 0 aliphatic heterocycles. The Kier molecular flexibility index (Phi) is 10.4. The molecule has 0 aromatic heterocycles. The first-order chi connectivity index (χ1) is 14.5. The highest BCUT2D eigenvalue weighted by Crippen LogP contribution is 2.19. The van der Waals surface area contributed by atoms with E-state index in [1.165, 1.54) is 11.8 Å². The van der Waals surface area contributed by atoms with E-state index in [4.69, 9.17) is 5.73 Å². The van der Waals surface area contributed by atoms with Gasteiger partial charge in [0.2, 0.25) is 16.9 Å². The summed E-state index contributed by atoms with van der Waals surface area (Å²) in [5.41, 5.74) is 7.42. The maximum Gasteiger partial charge on any atom is 0.244 e. The van der Waals surface area contributed by atoms with Gasteiger partial charge in [-0.3, -0.25) is 19.7 Å². The molecule has 2 rings (SSSR count). The quantitative estimate of drug-likeness (QED) is 0.410. The van der Waals surface area contributed by atoms with Gasteiger partial charge in [-0.2, -0.15) is 11.8 Å². The molecule has 0 saturated heterocycles. The van der Waals surface area contributed by atoms with Crippen molar-refractivity contribution in [3.8, 4) is 0 Å². The Morgan fingerprint density at radius 2 is 1.60 bits per heavy atom. The molecule has 0 radical (unpaired) electrons. The average Bonchev–Trinajstić information content (AvgIpc) is 2.77. The number of carbonyl (C=O) groups excluding carboxylic acids is 3. The first-order valence-corrected chi connectivity index (χ1v) is 11.7. The predicted molar refractivity (Wildman–Crippen MR) is 126 cm³/mol. The minimum atomic E-state index is -0.783. The lowest BCUT2D eigenvalue weighted by atomic mass is 10.00. The fourth-order valence-corrected chi connectivity index (χ4v) is 4.26. The highest BCUT2D eigenvalue weighted by Gasteiger charge is 2.25. The van der Waals surface area contributed by atoms with Gasteiger partial charge in [0.1, 0.15) is 0 Å². The summed E-state index contributed by atoms with van der Waals surface area (Å²) in [6.45, 7) is 3.62. The minimum Gasteiger partial charge on any atom is -0.319 e. The first-order valence-electron chi connectivity index (χ1n) is 9.56. The van der Waals surface area contributed by atoms with Crippen LogP contribution < -0.4 is 11.1 Å². The van der Waals surface area contributed by atoms with Gasteiger partial charge < -0.3 is 5.73 Å². The number of hydrogen-bond acceptors (Lipinski definition) is 6. The van der Waals surface area contributed by atoms with Gasteiger partial charge in [-0.15, -0.1) is 6.58 Å². The van der Waals surface area contributed by atoms with Crippen molar-refractivity contribution < 1.29 is 14.4 Å². The summed E-state index contributed by atoms with van der Waals surface area (Å²) in [7, 11) is 0. The van der Waals surface area contributed by atoms with Gasteiger partial charge in [0, 0.05) is 22.8 Å². The third kappa shape index (κ3) is 8.18. The topological polar surface area (TPSA) is 89.3 Å². The summed E-state index contributed by atoms with van der Waals surface area (Å²) >= 11 is 2.56. The van der Waals surface area contributed by atoms with Gasteiger partial charge in [0.25, 0.3) is 0 Å². The number of nitrogens with one attached hydrogen (secondary N) is 1. The van der Waals surface area contributed by atoms with Crippen LogP contribution in [0.1, 0.15) is 15.9 Å². The molecule has 1 unspecified atom stereocenters. The van der Waals surface area contributed by atoms with E-state index in [0.717, 1.165) is 17.3 Å². The number of benzene rings is 2. The molecule has 0 fully saturated rings. The Morgan fingerprint density at radius 1 is 0.967 bits per heavy atom. The first kappa shape index (κ1) is 23.9. The summed E-state index contributed by atoms with van der Waals surface area (Å²) in [6, 6.07) is 17.7. The van der Waals surface area contributed by atoms with Gasteiger partial charge in [0.15, 0.2) is 0 Å². The Labute approximate surface area is 185 Å². The predicted octanol–water partition coefficient (Wildman–Crippen LogP) is 3.31. The second kappa shape index (κ2) is 13.1. The minimum absolute atomic E-state index is 0.106. The molecule has 158 valence electrons. The Balaban J connectivity index is 2.01. The molecule has 5 nitrogen and oxygen atoms in total. The van der Waals surface area contributed by atoms with Crippen LogP contribution in [0.25, 0.3) is 0 Å². The van der Waals surface area contributed by atoms with Crippen molar-refractivity contribution in [2.24, 2.45) is 11.7 Å². The standard InChI is InChI=1S/C23H26N2O3S2/c1-2-13-29-16-20(24)22(27)25-21(26)19(14-17-9-5-3-6-10-17)15-30-23(28)18-11-7-4-8-12-18/h2-12,19-20H,1,13-16,24H2,(H,25,26,27)/t19?,20-/m0/s1. The Bertz CT molecular complexity index is 844. The van der Waals surface area contributed by atoms with Gasteiger partial charge >= 0.3 is 0 Å². The molecule has 0 spiro atoms. The summed E-state index contributed by atoms with van der Waals surface area (Å²) in [5.74, 6) is -0.112. The van der Waals surface area contributed by atoms with Crippen LogP contribution in [0.2, 0.25) is 0 Å². The molecule has 2 atom stereocenters. The van der Waals surface area contributed by atoms with Crippen molar-refractivity contribution in [1.82, 2.24) is 5.32 Å². The zero-order chi connectivity index (χ0) is 21.8. The largest absolute Gasteiger partial charge is 0.319 e. The molecule has 2 amide bonds. The van der Waals surface area contributed by atoms with Crippen molar-refractivity contribution in [2.75, 3.05) is 17.3 Å². The van der Waals surface area contributed by atoms with Crippen LogP contribution in [0.3, 0.4) is 0 Å². The third-order valence-corrected chi connectivity index (χ3v) is 6.37. The van der Waals surface area contributed by atoms with Crippen LogP contribution in [0.5, 0.6) is 0 Å². The van der Waals surface area contributed by atoms with E-state index < -0.39 is 23.8 Å². The van der Waals surface area contributed by atoms with E-state index in [2.05, 4.69) is 11.9 Å². The van der Waals surface area contributed by atoms with Crippen molar-refractivity contribution in [3.63, 3.8) is 0 Å². The molecule has 0 heterocycles. The maximum absolute atomic E-state index is 12.8. The van der Waals surface area contributed by atoms with Crippen molar-refractivity contribution >= 4 is 40.5 Å². The van der Waals surface area contributed by atoms with Crippen LogP contribution in [0.15, 0.2) is 73.3 Å². The molecule has 0 bridgehead atoms. The Morgan fingerprint density at radius 3 is 2.23 bits per heavy atom. The lowest BCUT2D eigenvalue weighted by Crippen LogP contribution is -2.47. The number of hydrogen-bond donors (Lipinski definition) is 2. The molecule has 30 heavy (non-hydrogen) atoms. The normalized spacial score (nSPS) is 12.6.